The molecular weight excluding hydrogens is 260 g/mol. The van der Waals surface area contributed by atoms with Crippen LogP contribution in [0.3, 0.4) is 0 Å². The number of nitrogens with one attached hydrogen (secondary N) is 1. The second-order valence-corrected chi connectivity index (χ2v) is 5.79. The van der Waals surface area contributed by atoms with Crippen molar-refractivity contribution in [1.82, 2.24) is 10.2 Å². The smallest absolute Gasteiger partial charge is 0.317 e. The molecule has 1 aliphatic heterocycles. The summed E-state index contributed by atoms with van der Waals surface area (Å²) in [5, 5.41) is 12.1. The largest absolute Gasteiger partial charge is 0.481 e. The van der Waals surface area contributed by atoms with Gasteiger partial charge < -0.3 is 20.1 Å². The fourth-order valence-corrected chi connectivity index (χ4v) is 3.12. The van der Waals surface area contributed by atoms with Crippen LogP contribution in [0.5, 0.6) is 0 Å². The highest BCUT2D eigenvalue weighted by Gasteiger charge is 2.36. The molecule has 2 fully saturated rings. The van der Waals surface area contributed by atoms with E-state index in [1.54, 1.807) is 4.90 Å². The minimum Gasteiger partial charge on any atom is -0.481 e. The summed E-state index contributed by atoms with van der Waals surface area (Å²) in [4.78, 5) is 25.2. The Kier molecular flexibility index (Phi) is 5.23. The van der Waals surface area contributed by atoms with E-state index in [1.165, 1.54) is 0 Å². The third-order valence-corrected chi connectivity index (χ3v) is 4.18. The van der Waals surface area contributed by atoms with Gasteiger partial charge in [0.05, 0.1) is 18.6 Å². The molecule has 1 heterocycles. The maximum Gasteiger partial charge on any atom is 0.317 e. The van der Waals surface area contributed by atoms with Crippen LogP contribution in [0, 0.1) is 0 Å². The first-order chi connectivity index (χ1) is 9.61. The number of amides is 2. The van der Waals surface area contributed by atoms with Gasteiger partial charge in [0.1, 0.15) is 0 Å². The predicted octanol–water partition coefficient (Wildman–Crippen LogP) is 1.60. The lowest BCUT2D eigenvalue weighted by atomic mass is 9.79. The predicted molar refractivity (Wildman–Crippen MR) is 73.6 cm³/mol. The van der Waals surface area contributed by atoms with Gasteiger partial charge in [-0.1, -0.05) is 19.3 Å². The summed E-state index contributed by atoms with van der Waals surface area (Å²) in [5.41, 5.74) is -0.561. The van der Waals surface area contributed by atoms with Crippen molar-refractivity contribution in [1.29, 1.82) is 0 Å². The van der Waals surface area contributed by atoms with Gasteiger partial charge in [0, 0.05) is 19.7 Å². The van der Waals surface area contributed by atoms with E-state index in [0.29, 0.717) is 26.3 Å². The lowest BCUT2D eigenvalue weighted by molar-refractivity contribution is -0.139. The highest BCUT2D eigenvalue weighted by Crippen LogP contribution is 2.31. The summed E-state index contributed by atoms with van der Waals surface area (Å²) in [6.07, 6.45) is 5.45. The summed E-state index contributed by atoms with van der Waals surface area (Å²) < 4.78 is 5.34. The molecule has 20 heavy (non-hydrogen) atoms. The summed E-state index contributed by atoms with van der Waals surface area (Å²) in [6.45, 7) is 2.49. The number of rotatable bonds is 3. The van der Waals surface area contributed by atoms with Crippen LogP contribution in [-0.2, 0) is 9.53 Å². The van der Waals surface area contributed by atoms with Crippen molar-refractivity contribution < 1.29 is 19.4 Å². The molecule has 0 aromatic heterocycles. The summed E-state index contributed by atoms with van der Waals surface area (Å²) in [5.74, 6) is -0.841. The van der Waals surface area contributed by atoms with Gasteiger partial charge in [-0.2, -0.15) is 0 Å². The van der Waals surface area contributed by atoms with Crippen LogP contribution in [0.15, 0.2) is 0 Å². The van der Waals surface area contributed by atoms with Crippen molar-refractivity contribution in [3.8, 4) is 0 Å². The molecule has 0 spiro atoms. The number of carbonyl (C=O) groups is 2. The maximum absolute atomic E-state index is 12.4. The molecule has 1 aliphatic carbocycles. The SMILES string of the molecule is O=C(O)CC1(NC(=O)N2CCCOCC2)CCCCC1. The monoisotopic (exact) mass is 284 g/mol. The number of urea groups is 1. The number of carboxylic acids is 1. The molecule has 2 aliphatic rings. The van der Waals surface area contributed by atoms with Gasteiger partial charge in [0.25, 0.3) is 0 Å². The van der Waals surface area contributed by atoms with Crippen LogP contribution in [0.2, 0.25) is 0 Å². The van der Waals surface area contributed by atoms with Gasteiger partial charge in [-0.25, -0.2) is 4.79 Å². The van der Waals surface area contributed by atoms with Crippen LogP contribution < -0.4 is 5.32 Å². The van der Waals surface area contributed by atoms with E-state index in [1.807, 2.05) is 0 Å². The van der Waals surface area contributed by atoms with Crippen molar-refractivity contribution in [2.24, 2.45) is 0 Å². The standard InChI is InChI=1S/C14H24N2O4/c17-12(18)11-14(5-2-1-3-6-14)15-13(19)16-7-4-9-20-10-8-16/h1-11H2,(H,15,19)(H,17,18). The molecule has 1 saturated carbocycles. The normalized spacial score (nSPS) is 22.9. The number of aliphatic carboxylic acids is 1. The molecular formula is C14H24N2O4. The third kappa shape index (κ3) is 4.10. The Morgan fingerprint density at radius 2 is 1.85 bits per heavy atom. The van der Waals surface area contributed by atoms with Crippen LogP contribution in [0.25, 0.3) is 0 Å². The molecule has 0 bridgehead atoms. The topological polar surface area (TPSA) is 78.9 Å². The molecule has 0 aromatic carbocycles. The molecule has 1 saturated heterocycles. The molecule has 114 valence electrons. The highest BCUT2D eigenvalue weighted by atomic mass is 16.5. The molecule has 2 N–H and O–H groups in total. The second kappa shape index (κ2) is 6.92. The molecule has 0 atom stereocenters. The summed E-state index contributed by atoms with van der Waals surface area (Å²) in [7, 11) is 0. The molecule has 0 radical (unpaired) electrons. The van der Waals surface area contributed by atoms with E-state index in [9.17, 15) is 9.59 Å². The zero-order valence-corrected chi connectivity index (χ0v) is 11.9. The van der Waals surface area contributed by atoms with Gasteiger partial charge in [-0.15, -0.1) is 0 Å². The number of ether oxygens (including phenoxy) is 1. The van der Waals surface area contributed by atoms with Gasteiger partial charge in [-0.05, 0) is 19.3 Å². The Hall–Kier alpha value is -1.30. The lowest BCUT2D eigenvalue weighted by Gasteiger charge is -2.38. The van der Waals surface area contributed by atoms with Gasteiger partial charge in [0.15, 0.2) is 0 Å². The molecule has 6 nitrogen and oxygen atoms in total. The first-order valence-corrected chi connectivity index (χ1v) is 7.48. The second-order valence-electron chi connectivity index (χ2n) is 5.79. The fraction of sp³-hybridized carbons (Fsp3) is 0.857. The Morgan fingerprint density at radius 3 is 2.55 bits per heavy atom. The Balaban J connectivity index is 1.98. The molecule has 6 heteroatoms. The van der Waals surface area contributed by atoms with Crippen LogP contribution in [-0.4, -0.2) is 53.8 Å². The molecule has 0 aromatic rings. The highest BCUT2D eigenvalue weighted by molar-refractivity contribution is 5.77. The third-order valence-electron chi connectivity index (χ3n) is 4.18. The van der Waals surface area contributed by atoms with E-state index in [4.69, 9.17) is 9.84 Å². The number of hydrogen-bond acceptors (Lipinski definition) is 3. The number of carbonyl (C=O) groups excluding carboxylic acids is 1. The van der Waals surface area contributed by atoms with Gasteiger partial charge in [0.2, 0.25) is 0 Å². The zero-order valence-electron chi connectivity index (χ0n) is 11.9. The van der Waals surface area contributed by atoms with E-state index in [0.717, 1.165) is 38.5 Å². The number of nitrogens with zero attached hydrogens (tertiary/aromatic N) is 1. The van der Waals surface area contributed by atoms with Crippen LogP contribution in [0.4, 0.5) is 4.79 Å². The average molecular weight is 284 g/mol. The van der Waals surface area contributed by atoms with Crippen molar-refractivity contribution >= 4 is 12.0 Å². The lowest BCUT2D eigenvalue weighted by Crippen LogP contribution is -2.55. The first kappa shape index (κ1) is 15.1. The maximum atomic E-state index is 12.4. The Bertz CT molecular complexity index is 345. The fourth-order valence-electron chi connectivity index (χ4n) is 3.12. The van der Waals surface area contributed by atoms with E-state index in [-0.39, 0.29) is 12.5 Å². The van der Waals surface area contributed by atoms with Crippen LogP contribution >= 0.6 is 0 Å². The van der Waals surface area contributed by atoms with Gasteiger partial charge >= 0.3 is 12.0 Å². The van der Waals surface area contributed by atoms with Crippen molar-refractivity contribution in [3.63, 3.8) is 0 Å². The quantitative estimate of drug-likeness (QED) is 0.825. The summed E-state index contributed by atoms with van der Waals surface area (Å²) in [6, 6.07) is -0.140. The minimum atomic E-state index is -0.841. The Labute approximate surface area is 119 Å². The van der Waals surface area contributed by atoms with E-state index >= 15 is 0 Å². The Morgan fingerprint density at radius 1 is 1.10 bits per heavy atom. The van der Waals surface area contributed by atoms with Crippen LogP contribution in [0.1, 0.15) is 44.9 Å². The van der Waals surface area contributed by atoms with Gasteiger partial charge in [-0.3, -0.25) is 4.79 Å². The van der Waals surface area contributed by atoms with Crippen molar-refractivity contribution in [2.45, 2.75) is 50.5 Å². The minimum absolute atomic E-state index is 0.0169. The van der Waals surface area contributed by atoms with E-state index < -0.39 is 11.5 Å². The molecule has 2 amide bonds. The number of carboxylic acid groups (broad SMARTS) is 1. The van der Waals surface area contributed by atoms with E-state index in [2.05, 4.69) is 5.32 Å². The first-order valence-electron chi connectivity index (χ1n) is 7.48. The number of hydrogen-bond donors (Lipinski definition) is 2. The summed E-state index contributed by atoms with van der Waals surface area (Å²) >= 11 is 0. The zero-order chi connectivity index (χ0) is 14.4. The average Bonchev–Trinajstić information content (AvgIpc) is 2.67. The van der Waals surface area contributed by atoms with Crippen molar-refractivity contribution in [2.75, 3.05) is 26.3 Å². The molecule has 2 rings (SSSR count). The van der Waals surface area contributed by atoms with Crippen molar-refractivity contribution in [3.05, 3.63) is 0 Å². The molecule has 0 unspecified atom stereocenters.